The lowest BCUT2D eigenvalue weighted by atomic mass is 10.2. The first-order valence-electron chi connectivity index (χ1n) is 5.67. The summed E-state index contributed by atoms with van der Waals surface area (Å²) in [6.07, 6.45) is 5.41. The molecule has 1 saturated carbocycles. The number of hydrogen-bond acceptors (Lipinski definition) is 3. The number of pyridine rings is 1. The van der Waals surface area contributed by atoms with Crippen LogP contribution >= 0.6 is 0 Å². The Kier molecular flexibility index (Phi) is 3.21. The summed E-state index contributed by atoms with van der Waals surface area (Å²) >= 11 is 0. The summed E-state index contributed by atoms with van der Waals surface area (Å²) in [5.41, 5.74) is 6.73. The number of rotatable bonds is 3. The average Bonchev–Trinajstić information content (AvgIpc) is 2.70. The molecule has 3 heteroatoms. The molecule has 0 spiro atoms. The molecule has 82 valence electrons. The minimum Gasteiger partial charge on any atom is -0.384 e. The van der Waals surface area contributed by atoms with Gasteiger partial charge in [0.2, 0.25) is 0 Å². The molecule has 1 aromatic heterocycles. The Bertz CT molecular complexity index is 318. The maximum Gasteiger partial charge on any atom is 0.123 e. The Balaban J connectivity index is 1.95. The minimum absolute atomic E-state index is 0.618. The Morgan fingerprint density at radius 3 is 2.80 bits per heavy atom. The smallest absolute Gasteiger partial charge is 0.123 e. The molecule has 0 saturated heterocycles. The lowest BCUT2D eigenvalue weighted by Crippen LogP contribution is -2.28. The SMILES string of the molecule is CN(Cc1cccc(N)n1)C1CCCC1. The van der Waals surface area contributed by atoms with Gasteiger partial charge >= 0.3 is 0 Å². The van der Waals surface area contributed by atoms with Crippen LogP contribution < -0.4 is 5.73 Å². The van der Waals surface area contributed by atoms with E-state index in [0.29, 0.717) is 5.82 Å². The van der Waals surface area contributed by atoms with Gasteiger partial charge in [0.15, 0.2) is 0 Å². The molecule has 0 unspecified atom stereocenters. The monoisotopic (exact) mass is 205 g/mol. The molecule has 1 aliphatic carbocycles. The van der Waals surface area contributed by atoms with Crippen molar-refractivity contribution in [3.63, 3.8) is 0 Å². The van der Waals surface area contributed by atoms with Crippen molar-refractivity contribution in [2.75, 3.05) is 12.8 Å². The number of anilines is 1. The fourth-order valence-electron chi connectivity index (χ4n) is 2.32. The Morgan fingerprint density at radius 1 is 1.40 bits per heavy atom. The quantitative estimate of drug-likeness (QED) is 0.821. The van der Waals surface area contributed by atoms with Crippen molar-refractivity contribution in [2.24, 2.45) is 0 Å². The van der Waals surface area contributed by atoms with Crippen LogP contribution in [0.15, 0.2) is 18.2 Å². The van der Waals surface area contributed by atoms with Crippen LogP contribution in [0.4, 0.5) is 5.82 Å². The van der Waals surface area contributed by atoms with Crippen molar-refractivity contribution in [2.45, 2.75) is 38.3 Å². The van der Waals surface area contributed by atoms with Gasteiger partial charge < -0.3 is 5.73 Å². The van der Waals surface area contributed by atoms with Crippen LogP contribution in [0, 0.1) is 0 Å². The van der Waals surface area contributed by atoms with Gasteiger partial charge in [-0.05, 0) is 32.0 Å². The molecule has 2 rings (SSSR count). The van der Waals surface area contributed by atoms with E-state index in [9.17, 15) is 0 Å². The van der Waals surface area contributed by atoms with Crippen molar-refractivity contribution in [1.29, 1.82) is 0 Å². The highest BCUT2D eigenvalue weighted by atomic mass is 15.1. The number of nitrogens with two attached hydrogens (primary N) is 1. The standard InChI is InChI=1S/C12H19N3/c1-15(11-6-2-3-7-11)9-10-5-4-8-12(13)14-10/h4-5,8,11H,2-3,6-7,9H2,1H3,(H2,13,14). The van der Waals surface area contributed by atoms with Crippen LogP contribution in [0.1, 0.15) is 31.4 Å². The summed E-state index contributed by atoms with van der Waals surface area (Å²) in [7, 11) is 2.18. The second-order valence-electron chi connectivity index (χ2n) is 4.41. The number of nitrogen functional groups attached to an aromatic ring is 1. The second kappa shape index (κ2) is 4.62. The zero-order chi connectivity index (χ0) is 10.7. The van der Waals surface area contributed by atoms with Gasteiger partial charge in [0.25, 0.3) is 0 Å². The van der Waals surface area contributed by atoms with Crippen LogP contribution in [0.2, 0.25) is 0 Å². The predicted octanol–water partition coefficient (Wildman–Crippen LogP) is 2.04. The first-order valence-corrected chi connectivity index (χ1v) is 5.67. The Labute approximate surface area is 91.3 Å². The molecule has 1 aliphatic rings. The van der Waals surface area contributed by atoms with E-state index in [1.807, 2.05) is 18.2 Å². The fourth-order valence-corrected chi connectivity index (χ4v) is 2.32. The lowest BCUT2D eigenvalue weighted by molar-refractivity contribution is 0.235. The molecule has 15 heavy (non-hydrogen) atoms. The van der Waals surface area contributed by atoms with Crippen molar-refractivity contribution in [3.05, 3.63) is 23.9 Å². The Morgan fingerprint density at radius 2 is 2.13 bits per heavy atom. The molecule has 1 aromatic rings. The zero-order valence-corrected chi connectivity index (χ0v) is 9.32. The van der Waals surface area contributed by atoms with E-state index >= 15 is 0 Å². The second-order valence-corrected chi connectivity index (χ2v) is 4.41. The van der Waals surface area contributed by atoms with Crippen molar-refractivity contribution < 1.29 is 0 Å². The Hall–Kier alpha value is -1.09. The zero-order valence-electron chi connectivity index (χ0n) is 9.32. The summed E-state index contributed by atoms with van der Waals surface area (Å²) < 4.78 is 0. The summed E-state index contributed by atoms with van der Waals surface area (Å²) in [6, 6.07) is 6.59. The van der Waals surface area contributed by atoms with Gasteiger partial charge in [-0.2, -0.15) is 0 Å². The van der Waals surface area contributed by atoms with E-state index < -0.39 is 0 Å². The van der Waals surface area contributed by atoms with Crippen LogP contribution in [-0.2, 0) is 6.54 Å². The minimum atomic E-state index is 0.618. The van der Waals surface area contributed by atoms with Gasteiger partial charge in [0.05, 0.1) is 5.69 Å². The molecule has 0 amide bonds. The van der Waals surface area contributed by atoms with Gasteiger partial charge in [0.1, 0.15) is 5.82 Å². The van der Waals surface area contributed by atoms with Crippen LogP contribution in [-0.4, -0.2) is 23.0 Å². The normalized spacial score (nSPS) is 17.5. The summed E-state index contributed by atoms with van der Waals surface area (Å²) in [6.45, 7) is 0.912. The fraction of sp³-hybridized carbons (Fsp3) is 0.583. The average molecular weight is 205 g/mol. The van der Waals surface area contributed by atoms with Crippen molar-refractivity contribution in [1.82, 2.24) is 9.88 Å². The lowest BCUT2D eigenvalue weighted by Gasteiger charge is -2.23. The van der Waals surface area contributed by atoms with Gasteiger partial charge in [-0.3, -0.25) is 4.90 Å². The first-order chi connectivity index (χ1) is 7.25. The first kappa shape index (κ1) is 10.4. The molecule has 3 nitrogen and oxygen atoms in total. The van der Waals surface area contributed by atoms with E-state index in [2.05, 4.69) is 16.9 Å². The topological polar surface area (TPSA) is 42.1 Å². The van der Waals surface area contributed by atoms with Crippen molar-refractivity contribution in [3.8, 4) is 0 Å². The third-order valence-corrected chi connectivity index (χ3v) is 3.19. The summed E-state index contributed by atoms with van der Waals surface area (Å²) in [5, 5.41) is 0. The molecule has 0 atom stereocenters. The molecule has 1 heterocycles. The van der Waals surface area contributed by atoms with Gasteiger partial charge in [-0.15, -0.1) is 0 Å². The van der Waals surface area contributed by atoms with Crippen LogP contribution in [0.25, 0.3) is 0 Å². The van der Waals surface area contributed by atoms with Crippen LogP contribution in [0.3, 0.4) is 0 Å². The van der Waals surface area contributed by atoms with Gasteiger partial charge in [-0.25, -0.2) is 4.98 Å². The van der Waals surface area contributed by atoms with E-state index in [-0.39, 0.29) is 0 Å². The highest BCUT2D eigenvalue weighted by Crippen LogP contribution is 2.23. The molecule has 1 fully saturated rings. The third-order valence-electron chi connectivity index (χ3n) is 3.19. The van der Waals surface area contributed by atoms with E-state index in [0.717, 1.165) is 18.3 Å². The number of nitrogens with zero attached hydrogens (tertiary/aromatic N) is 2. The van der Waals surface area contributed by atoms with Gasteiger partial charge in [0, 0.05) is 12.6 Å². The molecule has 0 bridgehead atoms. The molecule has 0 aliphatic heterocycles. The van der Waals surface area contributed by atoms with E-state index in [1.165, 1.54) is 25.7 Å². The van der Waals surface area contributed by atoms with E-state index in [1.54, 1.807) is 0 Å². The third kappa shape index (κ3) is 2.69. The predicted molar refractivity (Wildman–Crippen MR) is 62.4 cm³/mol. The highest BCUT2D eigenvalue weighted by Gasteiger charge is 2.19. The highest BCUT2D eigenvalue weighted by molar-refractivity contribution is 5.28. The largest absolute Gasteiger partial charge is 0.384 e. The molecule has 2 N–H and O–H groups in total. The summed E-state index contributed by atoms with van der Waals surface area (Å²) in [5.74, 6) is 0.618. The van der Waals surface area contributed by atoms with Gasteiger partial charge in [-0.1, -0.05) is 18.9 Å². The molecule has 0 radical (unpaired) electrons. The van der Waals surface area contributed by atoms with Crippen molar-refractivity contribution >= 4 is 5.82 Å². The maximum absolute atomic E-state index is 5.66. The van der Waals surface area contributed by atoms with Crippen LogP contribution in [0.5, 0.6) is 0 Å². The van der Waals surface area contributed by atoms with E-state index in [4.69, 9.17) is 5.73 Å². The molecular formula is C12H19N3. The number of aromatic nitrogens is 1. The number of hydrogen-bond donors (Lipinski definition) is 1. The molecule has 0 aromatic carbocycles. The summed E-state index contributed by atoms with van der Waals surface area (Å²) in [4.78, 5) is 6.72. The molecular weight excluding hydrogens is 186 g/mol. The maximum atomic E-state index is 5.66.